The number of rotatable bonds is 6. The Bertz CT molecular complexity index is 1150. The quantitative estimate of drug-likeness (QED) is 0.368. The lowest BCUT2D eigenvalue weighted by Crippen LogP contribution is -2.31. The molecule has 6 heteroatoms. The number of ketones is 1. The third-order valence-electron chi connectivity index (χ3n) is 5.40. The fourth-order valence-corrected chi connectivity index (χ4v) is 3.83. The number of ether oxygens (including phenoxy) is 1. The minimum absolute atomic E-state index is 0.0145. The van der Waals surface area contributed by atoms with Gasteiger partial charge in [0, 0.05) is 12.1 Å². The van der Waals surface area contributed by atoms with Crippen LogP contribution < -0.4 is 4.74 Å². The van der Waals surface area contributed by atoms with Gasteiger partial charge in [-0.1, -0.05) is 42.5 Å². The topological polar surface area (TPSA) is 80.0 Å². The van der Waals surface area contributed by atoms with Crippen LogP contribution in [-0.2, 0) is 16.0 Å². The van der Waals surface area contributed by atoms with E-state index in [4.69, 9.17) is 9.15 Å². The second-order valence-electron chi connectivity index (χ2n) is 7.41. The van der Waals surface area contributed by atoms with Gasteiger partial charge >= 0.3 is 0 Å². The van der Waals surface area contributed by atoms with Crippen molar-refractivity contribution in [1.82, 2.24) is 4.90 Å². The smallest absolute Gasteiger partial charge is 0.295 e. The number of methoxy groups -OCH3 is 1. The molecule has 2 heterocycles. The number of nitrogens with zero attached hydrogens (tertiary/aromatic N) is 1. The van der Waals surface area contributed by atoms with Gasteiger partial charge in [0.25, 0.3) is 11.7 Å². The normalized spacial score (nSPS) is 17.9. The van der Waals surface area contributed by atoms with E-state index in [2.05, 4.69) is 0 Å². The molecule has 0 bridgehead atoms. The Kier molecular flexibility index (Phi) is 5.62. The van der Waals surface area contributed by atoms with Gasteiger partial charge in [-0.05, 0) is 43.2 Å². The predicted molar refractivity (Wildman–Crippen MR) is 116 cm³/mol. The maximum absolute atomic E-state index is 13.0. The number of carbonyl (C=O) groups is 2. The number of furan rings is 1. The monoisotopic (exact) mass is 417 g/mol. The lowest BCUT2D eigenvalue weighted by molar-refractivity contribution is -0.140. The molecule has 1 amide bonds. The SMILES string of the molecule is COc1cccc(C(O)=C2C(=O)C(=O)N(CCc3ccccc3)C2c2ccc(C)o2)c1. The summed E-state index contributed by atoms with van der Waals surface area (Å²) in [6.45, 7) is 2.11. The summed E-state index contributed by atoms with van der Waals surface area (Å²) in [6, 6.07) is 19.2. The maximum atomic E-state index is 13.0. The van der Waals surface area contributed by atoms with E-state index in [1.165, 1.54) is 12.0 Å². The Morgan fingerprint density at radius 3 is 2.52 bits per heavy atom. The largest absolute Gasteiger partial charge is 0.507 e. The van der Waals surface area contributed by atoms with Gasteiger partial charge in [-0.25, -0.2) is 0 Å². The van der Waals surface area contributed by atoms with Gasteiger partial charge in [-0.2, -0.15) is 0 Å². The number of aliphatic hydroxyl groups excluding tert-OH is 1. The van der Waals surface area contributed by atoms with E-state index in [1.54, 1.807) is 43.3 Å². The predicted octanol–water partition coefficient (Wildman–Crippen LogP) is 4.26. The van der Waals surface area contributed by atoms with E-state index in [0.29, 0.717) is 35.8 Å². The van der Waals surface area contributed by atoms with Crippen molar-refractivity contribution in [3.05, 3.63) is 95.0 Å². The number of carbonyl (C=O) groups excluding carboxylic acids is 2. The summed E-state index contributed by atoms with van der Waals surface area (Å²) in [5.74, 6) is -0.00244. The molecule has 0 spiro atoms. The Labute approximate surface area is 180 Å². The van der Waals surface area contributed by atoms with Crippen molar-refractivity contribution < 1.29 is 23.8 Å². The zero-order valence-corrected chi connectivity index (χ0v) is 17.4. The van der Waals surface area contributed by atoms with Crippen LogP contribution in [0.1, 0.15) is 28.7 Å². The standard InChI is InChI=1S/C25H23NO5/c1-16-11-12-20(31-16)22-21(23(27)18-9-6-10-19(15-18)30-2)24(28)25(29)26(22)14-13-17-7-4-3-5-8-17/h3-12,15,22,27H,13-14H2,1-2H3. The highest BCUT2D eigenvalue weighted by Gasteiger charge is 2.47. The van der Waals surface area contributed by atoms with E-state index in [-0.39, 0.29) is 11.3 Å². The first-order valence-corrected chi connectivity index (χ1v) is 10.0. The third kappa shape index (κ3) is 3.97. The van der Waals surface area contributed by atoms with E-state index >= 15 is 0 Å². The van der Waals surface area contributed by atoms with Crippen molar-refractivity contribution >= 4 is 17.4 Å². The van der Waals surface area contributed by atoms with E-state index < -0.39 is 17.7 Å². The van der Waals surface area contributed by atoms with E-state index in [1.807, 2.05) is 30.3 Å². The Balaban J connectivity index is 1.77. The number of Topliss-reactive ketones (excluding diaryl/α,β-unsaturated/α-hetero) is 1. The first-order valence-electron chi connectivity index (χ1n) is 10.0. The van der Waals surface area contributed by atoms with Crippen LogP contribution in [0.5, 0.6) is 5.75 Å². The van der Waals surface area contributed by atoms with E-state index in [9.17, 15) is 14.7 Å². The van der Waals surface area contributed by atoms with Gasteiger partial charge in [-0.15, -0.1) is 0 Å². The molecular formula is C25H23NO5. The summed E-state index contributed by atoms with van der Waals surface area (Å²) >= 11 is 0. The Morgan fingerprint density at radius 2 is 1.84 bits per heavy atom. The van der Waals surface area contributed by atoms with Crippen molar-refractivity contribution in [2.24, 2.45) is 0 Å². The molecule has 3 aromatic rings. The first-order chi connectivity index (χ1) is 15.0. The lowest BCUT2D eigenvalue weighted by atomic mass is 9.99. The highest BCUT2D eigenvalue weighted by atomic mass is 16.5. The van der Waals surface area contributed by atoms with Crippen LogP contribution in [0.3, 0.4) is 0 Å². The number of hydrogen-bond acceptors (Lipinski definition) is 5. The number of amides is 1. The van der Waals surface area contributed by atoms with Gasteiger partial charge in [0.05, 0.1) is 12.7 Å². The summed E-state index contributed by atoms with van der Waals surface area (Å²) in [5, 5.41) is 11.1. The molecule has 6 nitrogen and oxygen atoms in total. The molecule has 1 aromatic heterocycles. The second kappa shape index (κ2) is 8.52. The first kappa shape index (κ1) is 20.5. The minimum Gasteiger partial charge on any atom is -0.507 e. The zero-order chi connectivity index (χ0) is 22.0. The molecule has 0 saturated carbocycles. The van der Waals surface area contributed by atoms with Crippen molar-refractivity contribution in [2.75, 3.05) is 13.7 Å². The van der Waals surface area contributed by atoms with Gasteiger partial charge < -0.3 is 19.2 Å². The number of hydrogen-bond donors (Lipinski definition) is 1. The van der Waals surface area contributed by atoms with E-state index in [0.717, 1.165) is 5.56 Å². The van der Waals surface area contributed by atoms with Crippen molar-refractivity contribution in [3.63, 3.8) is 0 Å². The lowest BCUT2D eigenvalue weighted by Gasteiger charge is -2.23. The molecule has 31 heavy (non-hydrogen) atoms. The molecule has 1 N–H and O–H groups in total. The average Bonchev–Trinajstić information content (AvgIpc) is 3.33. The number of aliphatic hydroxyl groups is 1. The summed E-state index contributed by atoms with van der Waals surface area (Å²) in [7, 11) is 1.52. The fourth-order valence-electron chi connectivity index (χ4n) is 3.83. The van der Waals surface area contributed by atoms with Crippen LogP contribution in [0, 0.1) is 6.92 Å². The van der Waals surface area contributed by atoms with Crippen molar-refractivity contribution in [2.45, 2.75) is 19.4 Å². The molecule has 0 aliphatic carbocycles. The molecule has 1 fully saturated rings. The fraction of sp³-hybridized carbons (Fsp3) is 0.200. The maximum Gasteiger partial charge on any atom is 0.295 e. The highest BCUT2D eigenvalue weighted by molar-refractivity contribution is 6.46. The van der Waals surface area contributed by atoms with Gasteiger partial charge in [0.1, 0.15) is 29.1 Å². The molecule has 1 aliphatic heterocycles. The molecule has 1 unspecified atom stereocenters. The molecule has 158 valence electrons. The molecule has 2 aromatic carbocycles. The number of likely N-dealkylation sites (tertiary alicyclic amines) is 1. The molecule has 1 atom stereocenters. The Hall–Kier alpha value is -3.80. The minimum atomic E-state index is -0.802. The molecule has 0 radical (unpaired) electrons. The molecule has 1 saturated heterocycles. The summed E-state index contributed by atoms with van der Waals surface area (Å²) in [4.78, 5) is 27.4. The van der Waals surface area contributed by atoms with Gasteiger partial charge in [-0.3, -0.25) is 9.59 Å². The number of benzene rings is 2. The molecule has 4 rings (SSSR count). The number of aryl methyl sites for hydroxylation is 1. The highest BCUT2D eigenvalue weighted by Crippen LogP contribution is 2.40. The molecule has 1 aliphatic rings. The average molecular weight is 417 g/mol. The van der Waals surface area contributed by atoms with Gasteiger partial charge in [0.15, 0.2) is 0 Å². The van der Waals surface area contributed by atoms with Gasteiger partial charge in [0.2, 0.25) is 0 Å². The van der Waals surface area contributed by atoms with Crippen LogP contribution in [0.4, 0.5) is 0 Å². The Morgan fingerprint density at radius 1 is 1.06 bits per heavy atom. The van der Waals surface area contributed by atoms with Crippen LogP contribution in [0.25, 0.3) is 5.76 Å². The third-order valence-corrected chi connectivity index (χ3v) is 5.40. The summed E-state index contributed by atoms with van der Waals surface area (Å²) in [6.07, 6.45) is 0.573. The molecular weight excluding hydrogens is 394 g/mol. The summed E-state index contributed by atoms with van der Waals surface area (Å²) < 4.78 is 11.0. The van der Waals surface area contributed by atoms with Crippen LogP contribution in [0.15, 0.2) is 76.7 Å². The van der Waals surface area contributed by atoms with Crippen LogP contribution in [-0.4, -0.2) is 35.4 Å². The van der Waals surface area contributed by atoms with Crippen LogP contribution >= 0.6 is 0 Å². The van der Waals surface area contributed by atoms with Crippen molar-refractivity contribution in [3.8, 4) is 5.75 Å². The van der Waals surface area contributed by atoms with Crippen LogP contribution in [0.2, 0.25) is 0 Å². The summed E-state index contributed by atoms with van der Waals surface area (Å²) in [5.41, 5.74) is 1.46. The zero-order valence-electron chi connectivity index (χ0n) is 17.4. The second-order valence-corrected chi connectivity index (χ2v) is 7.41. The van der Waals surface area contributed by atoms with Crippen molar-refractivity contribution in [1.29, 1.82) is 0 Å².